The van der Waals surface area contributed by atoms with Gasteiger partial charge in [0.1, 0.15) is 17.1 Å². The van der Waals surface area contributed by atoms with Crippen LogP contribution in [0.25, 0.3) is 34.1 Å². The Morgan fingerprint density at radius 3 is 1.63 bits per heavy atom. The summed E-state index contributed by atoms with van der Waals surface area (Å²) in [5.74, 6) is 0.0505. The minimum absolute atomic E-state index is 0. The molecule has 0 aliphatic heterocycles. The number of aromatic amines is 2. The number of nitrogens with zero attached hydrogens (tertiary/aromatic N) is 8. The number of hydrogen-bond donors (Lipinski definition) is 8. The maximum Gasteiger partial charge on any atom is 0.491 e. The Morgan fingerprint density at radius 1 is 0.730 bits per heavy atom. The fourth-order valence-corrected chi connectivity index (χ4v) is 5.88. The molecule has 0 atom stereocenters. The smallest absolute Gasteiger partial charge is 0.451 e. The first-order chi connectivity index (χ1) is 29.5. The molecule has 8 heterocycles. The molecule has 20 nitrogen and oxygen atoms in total. The van der Waals surface area contributed by atoms with Crippen molar-refractivity contribution >= 4 is 51.7 Å². The summed E-state index contributed by atoms with van der Waals surface area (Å²) in [5.41, 5.74) is 2.42. The molecule has 0 aliphatic rings. The zero-order valence-corrected chi connectivity index (χ0v) is 37.2. The Balaban J connectivity index is 0.000000201. The first-order valence-corrected chi connectivity index (χ1v) is 19.5. The molecular formula is C40H42BBrN12O8V. The van der Waals surface area contributed by atoms with Gasteiger partial charge in [-0.05, 0) is 92.2 Å². The number of anilines is 2. The molecule has 325 valence electrons. The fraction of sp³-hybridized carbons (Fsp3) is 0.200. The van der Waals surface area contributed by atoms with E-state index >= 15 is 0 Å². The molecule has 8 aromatic heterocycles. The minimum Gasteiger partial charge on any atom is -0.451 e. The van der Waals surface area contributed by atoms with Crippen molar-refractivity contribution in [2.24, 2.45) is 0 Å². The van der Waals surface area contributed by atoms with E-state index in [9.17, 15) is 19.8 Å². The maximum atomic E-state index is 12.7. The Bertz CT molecular complexity index is 2650. The molecule has 0 fully saturated rings. The monoisotopic (exact) mass is 959 g/mol. The molecule has 23 heteroatoms. The topological polar surface area (TPSA) is 284 Å². The van der Waals surface area contributed by atoms with Crippen molar-refractivity contribution in [1.82, 2.24) is 49.9 Å². The Kier molecular flexibility index (Phi) is 16.0. The summed E-state index contributed by atoms with van der Waals surface area (Å²) in [4.78, 5) is 33.7. The normalized spacial score (nSPS) is 11.1. The Hall–Kier alpha value is -6.39. The van der Waals surface area contributed by atoms with E-state index in [1.165, 1.54) is 12.4 Å². The van der Waals surface area contributed by atoms with Gasteiger partial charge in [-0.15, -0.1) is 0 Å². The van der Waals surface area contributed by atoms with Crippen LogP contribution >= 0.6 is 15.9 Å². The van der Waals surface area contributed by atoms with E-state index in [-0.39, 0.29) is 43.2 Å². The number of furan rings is 2. The first-order valence-electron chi connectivity index (χ1n) is 18.8. The molecule has 63 heavy (non-hydrogen) atoms. The van der Waals surface area contributed by atoms with Crippen LogP contribution in [-0.4, -0.2) is 100 Å². The second kappa shape index (κ2) is 21.1. The number of carbonyl (C=O) groups is 2. The summed E-state index contributed by atoms with van der Waals surface area (Å²) in [6.07, 6.45) is 12.7. The molecule has 1 radical (unpaired) electrons. The molecule has 0 spiro atoms. The zero-order valence-electron chi connectivity index (χ0n) is 34.2. The van der Waals surface area contributed by atoms with Crippen LogP contribution in [0, 0.1) is 0 Å². The van der Waals surface area contributed by atoms with Gasteiger partial charge < -0.3 is 39.7 Å². The first kappa shape index (κ1) is 47.7. The van der Waals surface area contributed by atoms with Crippen LogP contribution in [-0.2, 0) is 31.6 Å². The van der Waals surface area contributed by atoms with E-state index in [0.717, 1.165) is 5.56 Å². The number of nitrogens with one attached hydrogen (secondary N) is 4. The van der Waals surface area contributed by atoms with Gasteiger partial charge in [-0.2, -0.15) is 20.4 Å². The number of aromatic nitrogens is 10. The average molecular weight is 961 g/mol. The van der Waals surface area contributed by atoms with Crippen molar-refractivity contribution in [2.45, 2.75) is 52.0 Å². The number of rotatable bonds is 12. The van der Waals surface area contributed by atoms with E-state index in [2.05, 4.69) is 67.1 Å². The van der Waals surface area contributed by atoms with Crippen molar-refractivity contribution in [2.75, 3.05) is 10.6 Å². The summed E-state index contributed by atoms with van der Waals surface area (Å²) in [6, 6.07) is 17.4. The number of aliphatic hydroxyl groups is 2. The third kappa shape index (κ3) is 13.8. The van der Waals surface area contributed by atoms with Crippen molar-refractivity contribution in [3.63, 3.8) is 0 Å². The van der Waals surface area contributed by atoms with Gasteiger partial charge in [0.25, 0.3) is 11.8 Å². The number of amides is 2. The SMILES string of the molecule is CC(C)(O)Cn1cc(NC(=O)c2ccc(-c3cn[nH]c3)o2)c(-c2ccccn2)n1.CC(C)(O)Cn1cc(NC(=O)c2ccc(Br)o2)c(-c2ccccn2)n1.OB(O)c1cn[nH]c1.[V]. The Labute approximate surface area is 380 Å². The van der Waals surface area contributed by atoms with E-state index in [1.54, 1.807) is 123 Å². The predicted molar refractivity (Wildman–Crippen MR) is 231 cm³/mol. The molecule has 8 aromatic rings. The number of H-pyrrole nitrogens is 2. The van der Waals surface area contributed by atoms with Crippen LogP contribution in [0.2, 0.25) is 0 Å². The van der Waals surface area contributed by atoms with Crippen molar-refractivity contribution < 1.29 is 57.2 Å². The number of halogens is 1. The van der Waals surface area contributed by atoms with Crippen LogP contribution in [0.15, 0.2) is 124 Å². The predicted octanol–water partition coefficient (Wildman–Crippen LogP) is 4.36. The van der Waals surface area contributed by atoms with Gasteiger partial charge in [0, 0.05) is 67.4 Å². The number of hydrogen-bond acceptors (Lipinski definition) is 14. The summed E-state index contributed by atoms with van der Waals surface area (Å²) >= 11 is 3.17. The van der Waals surface area contributed by atoms with E-state index < -0.39 is 30.1 Å². The molecule has 8 N–H and O–H groups in total. The molecule has 0 bridgehead atoms. The second-order valence-corrected chi connectivity index (χ2v) is 15.6. The quantitative estimate of drug-likeness (QED) is 0.0791. The summed E-state index contributed by atoms with van der Waals surface area (Å²) < 4.78 is 14.5. The van der Waals surface area contributed by atoms with Gasteiger partial charge >= 0.3 is 7.12 Å². The molecule has 0 saturated heterocycles. The van der Waals surface area contributed by atoms with Crippen molar-refractivity contribution in [3.8, 4) is 34.1 Å². The number of pyridine rings is 2. The van der Waals surface area contributed by atoms with Crippen LogP contribution in [0.3, 0.4) is 0 Å². The van der Waals surface area contributed by atoms with Crippen molar-refractivity contribution in [1.29, 1.82) is 0 Å². The zero-order chi connectivity index (χ0) is 44.4. The van der Waals surface area contributed by atoms with Crippen LogP contribution in [0.4, 0.5) is 11.4 Å². The van der Waals surface area contributed by atoms with E-state index in [1.807, 2.05) is 12.1 Å². The molecular weight excluding hydrogens is 918 g/mol. The van der Waals surface area contributed by atoms with E-state index in [4.69, 9.17) is 18.9 Å². The van der Waals surface area contributed by atoms with Gasteiger partial charge in [-0.25, -0.2) is 0 Å². The standard InChI is InChI=1S/C20H20N6O3.C17H17BrN4O3.C3H5BN2O2.V/c1-20(2,28)12-26-11-15(18(25-26)14-5-3-4-8-21-14)24-19(27)17-7-6-16(29-17)13-9-22-23-10-13;1-17(2,24)10-22-9-12(15(21-22)11-5-3-4-8-19-11)20-16(23)13-6-7-14(18)25-13;7-4(8)3-1-5-6-2-3;/h3-11,28H,12H2,1-2H3,(H,22,23)(H,24,27);3-9,24H,10H2,1-2H3,(H,20,23);1-2,7-8H,(H,5,6);. The van der Waals surface area contributed by atoms with Gasteiger partial charge in [-0.3, -0.25) is 39.1 Å². The largest absolute Gasteiger partial charge is 0.491 e. The molecule has 2 amide bonds. The minimum atomic E-state index is -1.41. The summed E-state index contributed by atoms with van der Waals surface area (Å²) in [6.45, 7) is 7.28. The van der Waals surface area contributed by atoms with Gasteiger partial charge in [0.2, 0.25) is 0 Å². The van der Waals surface area contributed by atoms with Gasteiger partial charge in [0.15, 0.2) is 16.2 Å². The second-order valence-electron chi connectivity index (χ2n) is 14.8. The van der Waals surface area contributed by atoms with Crippen molar-refractivity contribution in [3.05, 3.63) is 126 Å². The third-order valence-corrected chi connectivity index (χ3v) is 8.59. The molecule has 0 saturated carbocycles. The van der Waals surface area contributed by atoms with Crippen LogP contribution in [0.5, 0.6) is 0 Å². The van der Waals surface area contributed by atoms with Gasteiger partial charge in [-0.1, -0.05) is 12.1 Å². The molecule has 8 rings (SSSR count). The number of carbonyl (C=O) groups excluding carboxylic acids is 2. The maximum absolute atomic E-state index is 12.7. The van der Waals surface area contributed by atoms with Gasteiger partial charge in [0.05, 0.1) is 58.8 Å². The van der Waals surface area contributed by atoms with Crippen LogP contribution < -0.4 is 16.1 Å². The third-order valence-electron chi connectivity index (χ3n) is 8.16. The average Bonchev–Trinajstić information content (AvgIpc) is 4.07. The Morgan fingerprint density at radius 2 is 1.24 bits per heavy atom. The molecule has 0 aliphatic carbocycles. The molecule has 0 unspecified atom stereocenters. The summed E-state index contributed by atoms with van der Waals surface area (Å²) in [7, 11) is -1.41. The summed E-state index contributed by atoms with van der Waals surface area (Å²) in [5, 5.41) is 64.0. The fourth-order valence-electron chi connectivity index (χ4n) is 5.57. The van der Waals surface area contributed by atoms with Crippen LogP contribution in [0.1, 0.15) is 48.8 Å². The van der Waals surface area contributed by atoms with E-state index in [0.29, 0.717) is 50.0 Å². The molecule has 0 aromatic carbocycles.